The van der Waals surface area contributed by atoms with Crippen LogP contribution in [0.15, 0.2) is 6.20 Å². The van der Waals surface area contributed by atoms with E-state index < -0.39 is 40.8 Å². The van der Waals surface area contributed by atoms with Crippen molar-refractivity contribution in [2.45, 2.75) is 12.8 Å². The second-order valence-corrected chi connectivity index (χ2v) is 3.23. The molecule has 100 valence electrons. The number of ether oxygens (including phenoxy) is 1. The highest BCUT2D eigenvalue weighted by Gasteiger charge is 2.36. The Kier molecular flexibility index (Phi) is 3.95. The number of hydrogen-bond donors (Lipinski definition) is 1. The Labute approximate surface area is 101 Å². The Hall–Kier alpha value is -1.64. The lowest BCUT2D eigenvalue weighted by Gasteiger charge is -2.14. The Morgan fingerprint density at radius 1 is 1.44 bits per heavy atom. The molecule has 0 aliphatic carbocycles. The Morgan fingerprint density at radius 2 is 2.00 bits per heavy atom. The molecule has 0 aromatic carbocycles. The number of carbonyl (C=O) groups is 1. The number of carboxylic acids is 1. The zero-order valence-corrected chi connectivity index (χ0v) is 8.89. The first kappa shape index (κ1) is 14.4. The summed E-state index contributed by atoms with van der Waals surface area (Å²) in [4.78, 5) is 13.5. The van der Waals surface area contributed by atoms with Crippen LogP contribution < -0.4 is 4.74 Å². The summed E-state index contributed by atoms with van der Waals surface area (Å²) < 4.78 is 64.1. The Bertz CT molecular complexity index is 477. The topological polar surface area (TPSA) is 59.4 Å². The van der Waals surface area contributed by atoms with Crippen molar-refractivity contribution in [1.29, 1.82) is 0 Å². The lowest BCUT2D eigenvalue weighted by molar-refractivity contribution is -0.275. The highest BCUT2D eigenvalue weighted by Crippen LogP contribution is 2.38. The molecule has 10 heteroatoms. The van der Waals surface area contributed by atoms with Crippen molar-refractivity contribution in [3.05, 3.63) is 22.5 Å². The predicted octanol–water partition coefficient (Wildman–Crippen LogP) is 3.27. The zero-order valence-electron chi connectivity index (χ0n) is 8.13. The standard InChI is InChI=1S/C8H3ClF5NO3/c9-3-2(7(16)17)1-15-4(6(10)11)5(3)18-8(12,13)14/h1,6H,(H,16,17). The first-order chi connectivity index (χ1) is 8.13. The molecule has 0 bridgehead atoms. The molecule has 0 unspecified atom stereocenters. The summed E-state index contributed by atoms with van der Waals surface area (Å²) in [6, 6.07) is 0. The summed E-state index contributed by atoms with van der Waals surface area (Å²) in [5, 5.41) is 7.48. The predicted molar refractivity (Wildman–Crippen MR) is 47.8 cm³/mol. The van der Waals surface area contributed by atoms with E-state index in [0.717, 1.165) is 0 Å². The molecular formula is C8H3ClF5NO3. The van der Waals surface area contributed by atoms with Crippen LogP contribution in [0.3, 0.4) is 0 Å². The lowest BCUT2D eigenvalue weighted by Crippen LogP contribution is -2.19. The van der Waals surface area contributed by atoms with E-state index in [1.165, 1.54) is 0 Å². The van der Waals surface area contributed by atoms with Gasteiger partial charge in [-0.3, -0.25) is 4.98 Å². The Morgan fingerprint density at radius 3 is 2.39 bits per heavy atom. The number of rotatable bonds is 3. The summed E-state index contributed by atoms with van der Waals surface area (Å²) in [6.45, 7) is 0. The fourth-order valence-corrected chi connectivity index (χ4v) is 1.27. The number of nitrogens with zero attached hydrogens (tertiary/aromatic N) is 1. The molecule has 0 amide bonds. The number of carboxylic acid groups (broad SMARTS) is 1. The van der Waals surface area contributed by atoms with E-state index in [9.17, 15) is 26.7 Å². The fraction of sp³-hybridized carbons (Fsp3) is 0.250. The molecule has 1 rings (SSSR count). The van der Waals surface area contributed by atoms with Crippen molar-refractivity contribution in [3.63, 3.8) is 0 Å². The minimum absolute atomic E-state index is 0.426. The summed E-state index contributed by atoms with van der Waals surface area (Å²) in [5.41, 5.74) is -2.26. The molecular weight excluding hydrogens is 289 g/mol. The molecule has 0 radical (unpaired) electrons. The summed E-state index contributed by atoms with van der Waals surface area (Å²) in [6.07, 6.45) is -8.27. The molecule has 4 nitrogen and oxygen atoms in total. The second-order valence-electron chi connectivity index (χ2n) is 2.85. The van der Waals surface area contributed by atoms with Gasteiger partial charge in [0.1, 0.15) is 10.6 Å². The third-order valence-electron chi connectivity index (χ3n) is 1.66. The average molecular weight is 292 g/mol. The minimum Gasteiger partial charge on any atom is -0.478 e. The van der Waals surface area contributed by atoms with E-state index in [2.05, 4.69) is 9.72 Å². The van der Waals surface area contributed by atoms with Crippen molar-refractivity contribution in [1.82, 2.24) is 4.98 Å². The van der Waals surface area contributed by atoms with Crippen molar-refractivity contribution < 1.29 is 36.6 Å². The first-order valence-corrected chi connectivity index (χ1v) is 4.47. The smallest absolute Gasteiger partial charge is 0.478 e. The van der Waals surface area contributed by atoms with Crippen LogP contribution in [-0.4, -0.2) is 22.4 Å². The van der Waals surface area contributed by atoms with E-state index in [1.807, 2.05) is 0 Å². The van der Waals surface area contributed by atoms with Crippen LogP contribution in [0.5, 0.6) is 5.75 Å². The highest BCUT2D eigenvalue weighted by atomic mass is 35.5. The minimum atomic E-state index is -5.30. The summed E-state index contributed by atoms with van der Waals surface area (Å²) in [5.74, 6) is -3.24. The van der Waals surface area contributed by atoms with Crippen LogP contribution in [0.4, 0.5) is 22.0 Å². The van der Waals surface area contributed by atoms with E-state index in [-0.39, 0.29) is 0 Å². The van der Waals surface area contributed by atoms with E-state index in [0.29, 0.717) is 6.20 Å². The van der Waals surface area contributed by atoms with Crippen LogP contribution in [-0.2, 0) is 0 Å². The van der Waals surface area contributed by atoms with Gasteiger partial charge >= 0.3 is 12.3 Å². The van der Waals surface area contributed by atoms with E-state index in [4.69, 9.17) is 16.7 Å². The van der Waals surface area contributed by atoms with Gasteiger partial charge in [-0.1, -0.05) is 11.6 Å². The fourth-order valence-electron chi connectivity index (χ4n) is 1.00. The number of pyridine rings is 1. The van der Waals surface area contributed by atoms with Crippen molar-refractivity contribution in [2.24, 2.45) is 0 Å². The van der Waals surface area contributed by atoms with Gasteiger partial charge in [0.05, 0.1) is 0 Å². The molecule has 0 spiro atoms. The van der Waals surface area contributed by atoms with Crippen LogP contribution in [0, 0.1) is 0 Å². The maximum Gasteiger partial charge on any atom is 0.573 e. The summed E-state index contributed by atoms with van der Waals surface area (Å²) >= 11 is 5.28. The molecule has 0 aliphatic rings. The third kappa shape index (κ3) is 3.19. The quantitative estimate of drug-likeness (QED) is 0.868. The normalized spacial score (nSPS) is 11.7. The molecule has 0 saturated carbocycles. The molecule has 1 aromatic heterocycles. The van der Waals surface area contributed by atoms with Crippen LogP contribution in [0.2, 0.25) is 5.02 Å². The number of hydrogen-bond acceptors (Lipinski definition) is 3. The zero-order chi connectivity index (χ0) is 14.1. The van der Waals surface area contributed by atoms with E-state index in [1.54, 1.807) is 0 Å². The monoisotopic (exact) mass is 291 g/mol. The molecule has 0 aliphatic heterocycles. The molecule has 0 saturated heterocycles. The summed E-state index contributed by atoms with van der Waals surface area (Å²) in [7, 11) is 0. The molecule has 0 atom stereocenters. The van der Waals surface area contributed by atoms with Gasteiger partial charge in [0, 0.05) is 6.20 Å². The van der Waals surface area contributed by atoms with Crippen LogP contribution in [0.25, 0.3) is 0 Å². The van der Waals surface area contributed by atoms with Crippen molar-refractivity contribution >= 4 is 17.6 Å². The largest absolute Gasteiger partial charge is 0.573 e. The van der Waals surface area contributed by atoms with Gasteiger partial charge < -0.3 is 9.84 Å². The number of aromatic nitrogens is 1. The first-order valence-electron chi connectivity index (χ1n) is 4.09. The lowest BCUT2D eigenvalue weighted by atomic mass is 10.2. The van der Waals surface area contributed by atoms with Gasteiger partial charge in [-0.15, -0.1) is 13.2 Å². The molecule has 18 heavy (non-hydrogen) atoms. The van der Waals surface area contributed by atoms with Crippen LogP contribution >= 0.6 is 11.6 Å². The number of alkyl halides is 5. The van der Waals surface area contributed by atoms with Gasteiger partial charge in [-0.25, -0.2) is 13.6 Å². The van der Waals surface area contributed by atoms with Crippen molar-refractivity contribution in [3.8, 4) is 5.75 Å². The number of halogens is 6. The van der Waals surface area contributed by atoms with Crippen molar-refractivity contribution in [2.75, 3.05) is 0 Å². The maximum atomic E-state index is 12.4. The molecule has 1 aromatic rings. The van der Waals surface area contributed by atoms with E-state index >= 15 is 0 Å². The maximum absolute atomic E-state index is 12.4. The highest BCUT2D eigenvalue weighted by molar-refractivity contribution is 6.35. The Balaban J connectivity index is 3.41. The van der Waals surface area contributed by atoms with Gasteiger partial charge in [0.25, 0.3) is 6.43 Å². The van der Waals surface area contributed by atoms with Gasteiger partial charge in [-0.2, -0.15) is 0 Å². The molecule has 0 fully saturated rings. The third-order valence-corrected chi connectivity index (χ3v) is 2.03. The SMILES string of the molecule is O=C(O)c1cnc(C(F)F)c(OC(F)(F)F)c1Cl. The molecule has 1 heterocycles. The van der Waals surface area contributed by atoms with Gasteiger partial charge in [-0.05, 0) is 0 Å². The number of aromatic carboxylic acids is 1. The van der Waals surface area contributed by atoms with Crippen LogP contribution in [0.1, 0.15) is 22.5 Å². The second kappa shape index (κ2) is 4.92. The average Bonchev–Trinajstić information content (AvgIpc) is 2.17. The van der Waals surface area contributed by atoms with Gasteiger partial charge in [0.15, 0.2) is 11.4 Å². The van der Waals surface area contributed by atoms with Gasteiger partial charge in [0.2, 0.25) is 0 Å². The molecule has 1 N–H and O–H groups in total.